The fraction of sp³-hybridized carbons (Fsp3) is 0.667. The molecule has 148 valence electrons. The molecule has 0 aliphatic rings. The lowest BCUT2D eigenvalue weighted by Gasteiger charge is -2.15. The number of carbonyl (C=O) groups excluding carboxylic acids is 2. The number of rotatable bonds is 10. The smallest absolute Gasteiger partial charge is 0.271 e. The molecule has 0 heterocycles. The molecular formula is C18H32N4O4. The zero-order chi connectivity index (χ0) is 20.3. The van der Waals surface area contributed by atoms with Gasteiger partial charge in [0.05, 0.1) is 12.2 Å². The predicted octanol–water partition coefficient (Wildman–Crippen LogP) is 2.50. The third-order valence-electron chi connectivity index (χ3n) is 3.71. The standard InChI is InChI=1S/C18H32N4O4/c1-7-9-13(23)15(11(3)4)17(25)19-21-22-20-18(26)16(12(5)6)14(24)10-8-2/h13-14,23-24H,7-10H2,1-6H3,(H,19,22,25)(H,20,21,26). The molecule has 0 aromatic heterocycles. The molecule has 0 saturated carbocycles. The minimum atomic E-state index is -0.878. The first kappa shape index (κ1) is 23.9. The van der Waals surface area contributed by atoms with E-state index >= 15 is 0 Å². The van der Waals surface area contributed by atoms with Gasteiger partial charge in [0.1, 0.15) is 0 Å². The number of carbonyl (C=O) groups is 2. The minimum Gasteiger partial charge on any atom is -0.388 e. The summed E-state index contributed by atoms with van der Waals surface area (Å²) in [5.74, 6) is -1.14. The zero-order valence-electron chi connectivity index (χ0n) is 16.6. The predicted molar refractivity (Wildman–Crippen MR) is 99.7 cm³/mol. The van der Waals surface area contributed by atoms with Gasteiger partial charge in [0.2, 0.25) is 0 Å². The SMILES string of the molecule is CCCC(O)C(C(=O)N/N=N/NC(=O)C(=C(C)C)C(O)CCC)=C(C)C. The highest BCUT2D eigenvalue weighted by molar-refractivity contribution is 5.95. The summed E-state index contributed by atoms with van der Waals surface area (Å²) >= 11 is 0. The van der Waals surface area contributed by atoms with Gasteiger partial charge < -0.3 is 10.2 Å². The zero-order valence-corrected chi connectivity index (χ0v) is 16.6. The molecule has 8 nitrogen and oxygen atoms in total. The highest BCUT2D eigenvalue weighted by atomic mass is 16.3. The van der Waals surface area contributed by atoms with E-state index in [4.69, 9.17) is 0 Å². The normalized spacial score (nSPS) is 13.1. The van der Waals surface area contributed by atoms with Crippen molar-refractivity contribution in [3.63, 3.8) is 0 Å². The minimum absolute atomic E-state index is 0.237. The molecule has 0 saturated heterocycles. The van der Waals surface area contributed by atoms with E-state index in [9.17, 15) is 19.8 Å². The first-order valence-corrected chi connectivity index (χ1v) is 8.88. The summed E-state index contributed by atoms with van der Waals surface area (Å²) in [6, 6.07) is 0. The molecule has 2 atom stereocenters. The molecule has 0 aromatic rings. The number of allylic oxidation sites excluding steroid dienone is 2. The van der Waals surface area contributed by atoms with Gasteiger partial charge in [-0.25, -0.2) is 10.9 Å². The Hall–Kier alpha value is -2.06. The van der Waals surface area contributed by atoms with Crippen LogP contribution in [0.15, 0.2) is 32.7 Å². The second-order valence-electron chi connectivity index (χ2n) is 6.52. The van der Waals surface area contributed by atoms with Gasteiger partial charge in [-0.3, -0.25) is 9.59 Å². The number of aliphatic hydroxyl groups is 2. The lowest BCUT2D eigenvalue weighted by Crippen LogP contribution is -2.30. The average molecular weight is 368 g/mol. The van der Waals surface area contributed by atoms with Crippen LogP contribution >= 0.6 is 0 Å². The quantitative estimate of drug-likeness (QED) is 0.269. The van der Waals surface area contributed by atoms with Crippen LogP contribution in [0.3, 0.4) is 0 Å². The Kier molecular flexibility index (Phi) is 11.3. The van der Waals surface area contributed by atoms with Crippen LogP contribution in [0.5, 0.6) is 0 Å². The maximum atomic E-state index is 12.1. The van der Waals surface area contributed by atoms with Crippen molar-refractivity contribution < 1.29 is 19.8 Å². The summed E-state index contributed by atoms with van der Waals surface area (Å²) in [6.45, 7) is 10.7. The van der Waals surface area contributed by atoms with Gasteiger partial charge in [-0.05, 0) is 51.0 Å². The van der Waals surface area contributed by atoms with Crippen molar-refractivity contribution >= 4 is 11.8 Å². The second-order valence-corrected chi connectivity index (χ2v) is 6.52. The largest absolute Gasteiger partial charge is 0.388 e. The van der Waals surface area contributed by atoms with Crippen LogP contribution in [0, 0.1) is 0 Å². The third-order valence-corrected chi connectivity index (χ3v) is 3.71. The van der Waals surface area contributed by atoms with Gasteiger partial charge in [0.25, 0.3) is 11.8 Å². The Bertz CT molecular complexity index is 524. The maximum Gasteiger partial charge on any atom is 0.271 e. The van der Waals surface area contributed by atoms with Crippen LogP contribution < -0.4 is 10.9 Å². The van der Waals surface area contributed by atoms with E-state index in [0.717, 1.165) is 12.8 Å². The first-order valence-electron chi connectivity index (χ1n) is 8.88. The second kappa shape index (κ2) is 12.3. The number of hydrogen-bond donors (Lipinski definition) is 4. The fourth-order valence-electron chi connectivity index (χ4n) is 2.52. The van der Waals surface area contributed by atoms with E-state index in [1.807, 2.05) is 13.8 Å². The summed E-state index contributed by atoms with van der Waals surface area (Å²) in [6.07, 6.45) is 0.623. The molecule has 0 rings (SSSR count). The highest BCUT2D eigenvalue weighted by Crippen LogP contribution is 2.15. The van der Waals surface area contributed by atoms with Gasteiger partial charge in [0.15, 0.2) is 0 Å². The van der Waals surface area contributed by atoms with Crippen molar-refractivity contribution in [2.45, 2.75) is 79.4 Å². The van der Waals surface area contributed by atoms with Crippen molar-refractivity contribution in [1.82, 2.24) is 10.9 Å². The monoisotopic (exact) mass is 368 g/mol. The summed E-state index contributed by atoms with van der Waals surface area (Å²) in [5.41, 5.74) is 6.21. The van der Waals surface area contributed by atoms with E-state index < -0.39 is 24.0 Å². The molecule has 0 aliphatic carbocycles. The average Bonchev–Trinajstić information content (AvgIpc) is 2.51. The number of nitrogens with one attached hydrogen (secondary N) is 2. The first-order chi connectivity index (χ1) is 12.2. The van der Waals surface area contributed by atoms with Crippen LogP contribution in [-0.4, -0.2) is 34.2 Å². The van der Waals surface area contributed by atoms with E-state index in [2.05, 4.69) is 21.3 Å². The Morgan fingerprint density at radius 1 is 0.769 bits per heavy atom. The molecule has 8 heteroatoms. The van der Waals surface area contributed by atoms with E-state index in [-0.39, 0.29) is 11.1 Å². The molecule has 0 fully saturated rings. The maximum absolute atomic E-state index is 12.1. The molecule has 4 N–H and O–H groups in total. The molecule has 0 aliphatic heterocycles. The van der Waals surface area contributed by atoms with E-state index in [1.165, 1.54) is 0 Å². The van der Waals surface area contributed by atoms with Crippen LogP contribution in [-0.2, 0) is 9.59 Å². The van der Waals surface area contributed by atoms with Crippen molar-refractivity contribution in [2.75, 3.05) is 0 Å². The Morgan fingerprint density at radius 3 is 1.31 bits per heavy atom. The molecule has 26 heavy (non-hydrogen) atoms. The van der Waals surface area contributed by atoms with E-state index in [1.54, 1.807) is 27.7 Å². The third kappa shape index (κ3) is 7.88. The number of hydrogen-bond acceptors (Lipinski definition) is 6. The van der Waals surface area contributed by atoms with Crippen LogP contribution in [0.2, 0.25) is 0 Å². The van der Waals surface area contributed by atoms with Crippen molar-refractivity contribution in [3.8, 4) is 0 Å². The number of amides is 2. The topological polar surface area (TPSA) is 123 Å². The van der Waals surface area contributed by atoms with E-state index in [0.29, 0.717) is 24.0 Å². The van der Waals surface area contributed by atoms with Gasteiger partial charge >= 0.3 is 0 Å². The molecule has 0 aromatic carbocycles. The Labute approximate surface area is 155 Å². The fourth-order valence-corrected chi connectivity index (χ4v) is 2.52. The lowest BCUT2D eigenvalue weighted by molar-refractivity contribution is -0.120. The summed E-state index contributed by atoms with van der Waals surface area (Å²) in [7, 11) is 0. The summed E-state index contributed by atoms with van der Waals surface area (Å²) in [4.78, 5) is 24.3. The highest BCUT2D eigenvalue weighted by Gasteiger charge is 2.20. The molecule has 2 amide bonds. The molecule has 2 unspecified atom stereocenters. The molecule has 0 spiro atoms. The van der Waals surface area contributed by atoms with Crippen molar-refractivity contribution in [2.24, 2.45) is 10.4 Å². The van der Waals surface area contributed by atoms with Gasteiger partial charge in [0, 0.05) is 11.1 Å². The number of aliphatic hydroxyl groups excluding tert-OH is 2. The summed E-state index contributed by atoms with van der Waals surface area (Å²) in [5, 5.41) is 27.0. The van der Waals surface area contributed by atoms with Crippen LogP contribution in [0.1, 0.15) is 67.2 Å². The van der Waals surface area contributed by atoms with Gasteiger partial charge in [-0.1, -0.05) is 37.8 Å². The van der Waals surface area contributed by atoms with Crippen molar-refractivity contribution in [1.29, 1.82) is 0 Å². The Morgan fingerprint density at radius 2 is 1.08 bits per heavy atom. The molecule has 0 radical (unpaired) electrons. The molecule has 0 bridgehead atoms. The molecular weight excluding hydrogens is 336 g/mol. The van der Waals surface area contributed by atoms with Crippen molar-refractivity contribution in [3.05, 3.63) is 22.3 Å². The summed E-state index contributed by atoms with van der Waals surface area (Å²) < 4.78 is 0. The van der Waals surface area contributed by atoms with Crippen LogP contribution in [0.4, 0.5) is 0 Å². The van der Waals surface area contributed by atoms with Gasteiger partial charge in [-0.2, -0.15) is 0 Å². The van der Waals surface area contributed by atoms with Gasteiger partial charge in [-0.15, -0.1) is 0 Å². The Balaban J connectivity index is 4.89. The van der Waals surface area contributed by atoms with Crippen LogP contribution in [0.25, 0.3) is 0 Å². The number of nitrogens with zero attached hydrogens (tertiary/aromatic N) is 2. The lowest BCUT2D eigenvalue weighted by atomic mass is 10.0.